The van der Waals surface area contributed by atoms with Crippen LogP contribution in [-0.4, -0.2) is 61.3 Å². The Bertz CT molecular complexity index is 1400. The molecule has 11 heteroatoms. The molecule has 0 radical (unpaired) electrons. The minimum Gasteiger partial charge on any atom is -0.497 e. The van der Waals surface area contributed by atoms with Gasteiger partial charge in [0.2, 0.25) is 5.95 Å². The lowest BCUT2D eigenvalue weighted by molar-refractivity contribution is 0.208. The maximum atomic E-state index is 13.5. The van der Waals surface area contributed by atoms with Crippen molar-refractivity contribution < 1.29 is 18.7 Å². The number of ether oxygens (including phenoxy) is 2. The van der Waals surface area contributed by atoms with Gasteiger partial charge in [-0.05, 0) is 29.8 Å². The Morgan fingerprint density at radius 1 is 1.06 bits per heavy atom. The molecule has 9 nitrogen and oxygen atoms in total. The zero-order chi connectivity index (χ0) is 25.2. The largest absolute Gasteiger partial charge is 0.497 e. The van der Waals surface area contributed by atoms with E-state index in [1.54, 1.807) is 49.5 Å². The van der Waals surface area contributed by atoms with E-state index in [9.17, 15) is 9.18 Å². The van der Waals surface area contributed by atoms with Crippen LogP contribution in [0.1, 0.15) is 0 Å². The minimum absolute atomic E-state index is 0.191. The van der Waals surface area contributed by atoms with Crippen LogP contribution in [0.25, 0.3) is 21.3 Å². The van der Waals surface area contributed by atoms with Crippen LogP contribution in [-0.2, 0) is 0 Å². The van der Waals surface area contributed by atoms with E-state index in [4.69, 9.17) is 15.2 Å². The number of nitrogens with two attached hydrogens (primary N) is 1. The number of nitrogens with one attached hydrogen (secondary N) is 1. The number of hydrogen-bond acceptors (Lipinski definition) is 8. The topological polar surface area (TPSA) is 106 Å². The molecule has 0 bridgehead atoms. The van der Waals surface area contributed by atoms with Crippen molar-refractivity contribution >= 4 is 45.0 Å². The molecule has 0 saturated carbocycles. The van der Waals surface area contributed by atoms with Gasteiger partial charge >= 0.3 is 6.03 Å². The van der Waals surface area contributed by atoms with Crippen molar-refractivity contribution in [1.82, 2.24) is 14.9 Å². The highest BCUT2D eigenvalue weighted by atomic mass is 32.1. The number of methoxy groups -OCH3 is 2. The maximum absolute atomic E-state index is 13.5. The Kier molecular flexibility index (Phi) is 6.47. The molecule has 3 N–H and O–H groups in total. The van der Waals surface area contributed by atoms with Crippen LogP contribution in [0.4, 0.5) is 26.6 Å². The summed E-state index contributed by atoms with van der Waals surface area (Å²) in [5.74, 6) is 1.78. The van der Waals surface area contributed by atoms with E-state index in [1.807, 2.05) is 5.38 Å². The molecule has 0 aliphatic carbocycles. The number of nitrogen functional groups attached to an aromatic ring is 1. The lowest BCUT2D eigenvalue weighted by atomic mass is 10.1. The van der Waals surface area contributed by atoms with Gasteiger partial charge < -0.3 is 30.3 Å². The van der Waals surface area contributed by atoms with Crippen LogP contribution in [0, 0.1) is 5.82 Å². The molecular weight excluding hydrogens is 483 g/mol. The lowest BCUT2D eigenvalue weighted by Crippen LogP contribution is -2.50. The van der Waals surface area contributed by atoms with E-state index in [1.165, 1.54) is 23.5 Å². The Balaban J connectivity index is 1.35. The van der Waals surface area contributed by atoms with Gasteiger partial charge in [-0.3, -0.25) is 0 Å². The van der Waals surface area contributed by atoms with Crippen molar-refractivity contribution in [2.24, 2.45) is 0 Å². The standard InChI is InChI=1S/C25H25FN6O3S/c1-34-17-7-8-19(20(13-17)35-2)28-25(33)32-11-9-31(10-12-32)22-21-18(15-3-5-16(26)6-4-15)14-36-23(21)30-24(27)29-22/h3-8,13-14H,9-12H2,1-2H3,(H,28,33)(H2,27,29,30). The molecule has 1 aliphatic heterocycles. The van der Waals surface area contributed by atoms with Crippen LogP contribution in [0.3, 0.4) is 0 Å². The van der Waals surface area contributed by atoms with Gasteiger partial charge in [0.15, 0.2) is 0 Å². The van der Waals surface area contributed by atoms with E-state index >= 15 is 0 Å². The average molecular weight is 509 g/mol. The van der Waals surface area contributed by atoms with Gasteiger partial charge in [-0.15, -0.1) is 11.3 Å². The smallest absolute Gasteiger partial charge is 0.322 e. The molecule has 186 valence electrons. The molecule has 0 unspecified atom stereocenters. The summed E-state index contributed by atoms with van der Waals surface area (Å²) in [6.45, 7) is 2.12. The van der Waals surface area contributed by atoms with Crippen molar-refractivity contribution in [3.8, 4) is 22.6 Å². The summed E-state index contributed by atoms with van der Waals surface area (Å²) >= 11 is 1.47. The molecule has 4 aromatic rings. The summed E-state index contributed by atoms with van der Waals surface area (Å²) in [6, 6.07) is 11.4. The minimum atomic E-state index is -0.291. The molecule has 5 rings (SSSR count). The molecule has 2 aromatic carbocycles. The molecule has 1 fully saturated rings. The summed E-state index contributed by atoms with van der Waals surface area (Å²) in [4.78, 5) is 26.5. The van der Waals surface area contributed by atoms with Gasteiger partial charge in [-0.25, -0.2) is 14.2 Å². The van der Waals surface area contributed by atoms with Gasteiger partial charge in [0.25, 0.3) is 0 Å². The Morgan fingerprint density at radius 2 is 1.81 bits per heavy atom. The van der Waals surface area contributed by atoms with Crippen molar-refractivity contribution in [1.29, 1.82) is 0 Å². The van der Waals surface area contributed by atoms with Gasteiger partial charge in [0.05, 0.1) is 25.3 Å². The first-order chi connectivity index (χ1) is 17.5. The number of halogens is 1. The number of nitrogens with zero attached hydrogens (tertiary/aromatic N) is 4. The van der Waals surface area contributed by atoms with Gasteiger partial charge in [0, 0.05) is 43.2 Å². The van der Waals surface area contributed by atoms with E-state index < -0.39 is 0 Å². The monoisotopic (exact) mass is 508 g/mol. The van der Waals surface area contributed by atoms with E-state index in [2.05, 4.69) is 20.2 Å². The molecule has 0 atom stereocenters. The highest BCUT2D eigenvalue weighted by Crippen LogP contribution is 2.39. The van der Waals surface area contributed by atoms with E-state index in [0.29, 0.717) is 43.4 Å². The number of carbonyl (C=O) groups is 1. The number of urea groups is 1. The van der Waals surface area contributed by atoms with Gasteiger partial charge in [-0.1, -0.05) is 12.1 Å². The van der Waals surface area contributed by atoms with Gasteiger partial charge in [0.1, 0.15) is 28.0 Å². The van der Waals surface area contributed by atoms with E-state index in [-0.39, 0.29) is 17.8 Å². The number of piperazine rings is 1. The van der Waals surface area contributed by atoms with Crippen molar-refractivity contribution in [3.05, 3.63) is 53.7 Å². The summed E-state index contributed by atoms with van der Waals surface area (Å²) in [7, 11) is 3.12. The predicted molar refractivity (Wildman–Crippen MR) is 140 cm³/mol. The first-order valence-corrected chi connectivity index (χ1v) is 12.2. The SMILES string of the molecule is COc1ccc(NC(=O)N2CCN(c3nc(N)nc4scc(-c5ccc(F)cc5)c34)CC2)c(OC)c1. The van der Waals surface area contributed by atoms with Crippen molar-refractivity contribution in [3.63, 3.8) is 0 Å². The number of aromatic nitrogens is 2. The Hall–Kier alpha value is -4.12. The molecule has 1 aliphatic rings. The molecule has 0 spiro atoms. The summed E-state index contributed by atoms with van der Waals surface area (Å²) in [5, 5.41) is 5.78. The van der Waals surface area contributed by atoms with Crippen LogP contribution in [0.2, 0.25) is 0 Å². The molecule has 36 heavy (non-hydrogen) atoms. The fourth-order valence-corrected chi connectivity index (χ4v) is 5.18. The summed E-state index contributed by atoms with van der Waals surface area (Å²) in [6.07, 6.45) is 0. The normalized spacial score (nSPS) is 13.6. The highest BCUT2D eigenvalue weighted by Gasteiger charge is 2.26. The number of carbonyl (C=O) groups excluding carboxylic acids is 1. The second-order valence-electron chi connectivity index (χ2n) is 8.21. The van der Waals surface area contributed by atoms with Crippen LogP contribution < -0.4 is 25.4 Å². The zero-order valence-electron chi connectivity index (χ0n) is 19.8. The molecule has 1 saturated heterocycles. The number of amides is 2. The summed E-state index contributed by atoms with van der Waals surface area (Å²) < 4.78 is 24.1. The maximum Gasteiger partial charge on any atom is 0.322 e. The quantitative estimate of drug-likeness (QED) is 0.410. The third-order valence-corrected chi connectivity index (χ3v) is 6.98. The number of thiophene rings is 1. The molecular formula is C25H25FN6O3S. The Morgan fingerprint density at radius 3 is 2.50 bits per heavy atom. The number of anilines is 3. The van der Waals surface area contributed by atoms with Gasteiger partial charge in [-0.2, -0.15) is 4.98 Å². The van der Waals surface area contributed by atoms with Crippen LogP contribution >= 0.6 is 11.3 Å². The predicted octanol–water partition coefficient (Wildman–Crippen LogP) is 4.45. The number of hydrogen-bond donors (Lipinski definition) is 2. The van der Waals surface area contributed by atoms with Crippen molar-refractivity contribution in [2.45, 2.75) is 0 Å². The Labute approximate surface area is 211 Å². The van der Waals surface area contributed by atoms with E-state index in [0.717, 1.165) is 27.2 Å². The first-order valence-electron chi connectivity index (χ1n) is 11.3. The second kappa shape index (κ2) is 9.86. The third kappa shape index (κ3) is 4.57. The summed E-state index contributed by atoms with van der Waals surface area (Å²) in [5.41, 5.74) is 8.40. The fourth-order valence-electron chi connectivity index (χ4n) is 4.23. The number of benzene rings is 2. The van der Waals surface area contributed by atoms with Crippen LogP contribution in [0.5, 0.6) is 11.5 Å². The number of rotatable bonds is 5. The first kappa shape index (κ1) is 23.6. The number of fused-ring (bicyclic) bond motifs is 1. The average Bonchev–Trinajstić information content (AvgIpc) is 3.32. The van der Waals surface area contributed by atoms with Crippen LogP contribution in [0.15, 0.2) is 47.8 Å². The fraction of sp³-hybridized carbons (Fsp3) is 0.240. The van der Waals surface area contributed by atoms with Crippen molar-refractivity contribution in [2.75, 3.05) is 56.3 Å². The molecule has 3 heterocycles. The highest BCUT2D eigenvalue weighted by molar-refractivity contribution is 7.17. The lowest BCUT2D eigenvalue weighted by Gasteiger charge is -2.35. The molecule has 2 amide bonds. The zero-order valence-corrected chi connectivity index (χ0v) is 20.6. The third-order valence-electron chi connectivity index (χ3n) is 6.10. The second-order valence-corrected chi connectivity index (χ2v) is 9.07. The molecule has 2 aromatic heterocycles.